The monoisotopic (exact) mass is 311 g/mol. The molecule has 0 spiro atoms. The Morgan fingerprint density at radius 3 is 2.64 bits per heavy atom. The van der Waals surface area contributed by atoms with Gasteiger partial charge in [-0.1, -0.05) is 6.08 Å². The zero-order valence-corrected chi connectivity index (χ0v) is 12.3. The number of nitrogens with one attached hydrogen (secondary N) is 1. The predicted molar refractivity (Wildman–Crippen MR) is 77.4 cm³/mol. The van der Waals surface area contributed by atoms with Gasteiger partial charge >= 0.3 is 6.18 Å². The number of aromatic nitrogens is 4. The molecule has 1 N–H and O–H groups in total. The van der Waals surface area contributed by atoms with Crippen LogP contribution in [0.5, 0.6) is 0 Å². The molecule has 0 aliphatic rings. The molecule has 0 fully saturated rings. The molecule has 2 rings (SSSR count). The largest absolute Gasteiger partial charge is 0.433 e. The Morgan fingerprint density at radius 2 is 2.09 bits per heavy atom. The van der Waals surface area contributed by atoms with Gasteiger partial charge in [-0.25, -0.2) is 9.97 Å². The average Bonchev–Trinajstić information content (AvgIpc) is 2.84. The predicted octanol–water partition coefficient (Wildman–Crippen LogP) is 3.29. The van der Waals surface area contributed by atoms with Crippen LogP contribution in [-0.4, -0.2) is 26.3 Å². The van der Waals surface area contributed by atoms with Gasteiger partial charge in [-0.2, -0.15) is 18.3 Å². The number of hydrogen-bond acceptors (Lipinski definition) is 4. The molecule has 0 saturated heterocycles. The Hall–Kier alpha value is -2.38. The van der Waals surface area contributed by atoms with Crippen LogP contribution in [0.2, 0.25) is 0 Å². The molecule has 2 aromatic heterocycles. The first kappa shape index (κ1) is 16.0. The summed E-state index contributed by atoms with van der Waals surface area (Å²) in [7, 11) is 0. The van der Waals surface area contributed by atoms with Gasteiger partial charge in [0.05, 0.1) is 11.9 Å². The molecule has 0 aliphatic heterocycles. The smallest absolute Gasteiger partial charge is 0.351 e. The number of aryl methyl sites for hydroxylation is 1. The first-order valence-corrected chi connectivity index (χ1v) is 6.70. The van der Waals surface area contributed by atoms with Crippen LogP contribution in [0.4, 0.5) is 19.1 Å². The van der Waals surface area contributed by atoms with E-state index in [9.17, 15) is 13.2 Å². The van der Waals surface area contributed by atoms with Gasteiger partial charge in [0.1, 0.15) is 0 Å². The van der Waals surface area contributed by atoms with Crippen molar-refractivity contribution in [1.29, 1.82) is 0 Å². The van der Waals surface area contributed by atoms with Crippen LogP contribution in [-0.2, 0) is 12.7 Å². The summed E-state index contributed by atoms with van der Waals surface area (Å²) in [6.07, 6.45) is -1.51. The molecular weight excluding hydrogens is 295 g/mol. The van der Waals surface area contributed by atoms with Crippen molar-refractivity contribution in [2.24, 2.45) is 0 Å². The molecule has 8 heteroatoms. The second-order valence-corrected chi connectivity index (χ2v) is 4.59. The van der Waals surface area contributed by atoms with Crippen molar-refractivity contribution in [3.8, 4) is 11.3 Å². The van der Waals surface area contributed by atoms with E-state index in [1.54, 1.807) is 11.6 Å². The van der Waals surface area contributed by atoms with Gasteiger partial charge in [0.25, 0.3) is 0 Å². The summed E-state index contributed by atoms with van der Waals surface area (Å²) in [4.78, 5) is 7.64. The zero-order chi connectivity index (χ0) is 16.3. The fourth-order valence-corrected chi connectivity index (χ4v) is 1.99. The summed E-state index contributed by atoms with van der Waals surface area (Å²) in [5.74, 6) is -0.0895. The fraction of sp³-hybridized carbons (Fsp3) is 0.357. The van der Waals surface area contributed by atoms with Crippen molar-refractivity contribution in [1.82, 2.24) is 19.7 Å². The molecule has 5 nitrogen and oxygen atoms in total. The Balaban J connectivity index is 2.53. The van der Waals surface area contributed by atoms with E-state index in [1.807, 2.05) is 6.92 Å². The minimum absolute atomic E-state index is 0.0895. The normalized spacial score (nSPS) is 11.5. The standard InChI is InChI=1S/C14H16F3N5/c1-4-6-18-13-20-11(7-12(21-13)14(15,16)17)10-8-19-22(5-2)9(10)3/h4,7-8H,1,5-6H2,2-3H3,(H,18,20,21). The van der Waals surface area contributed by atoms with Crippen LogP contribution in [0.15, 0.2) is 24.9 Å². The molecule has 0 aliphatic carbocycles. The Kier molecular flexibility index (Phi) is 4.48. The molecule has 2 heterocycles. The first-order valence-electron chi connectivity index (χ1n) is 6.70. The van der Waals surface area contributed by atoms with Gasteiger partial charge in [-0.05, 0) is 19.9 Å². The minimum atomic E-state index is -4.54. The molecule has 0 bridgehead atoms. The second kappa shape index (κ2) is 6.17. The van der Waals surface area contributed by atoms with Crippen molar-refractivity contribution in [3.63, 3.8) is 0 Å². The van der Waals surface area contributed by atoms with E-state index in [-0.39, 0.29) is 18.2 Å². The van der Waals surface area contributed by atoms with E-state index < -0.39 is 11.9 Å². The van der Waals surface area contributed by atoms with E-state index >= 15 is 0 Å². The average molecular weight is 311 g/mol. The lowest BCUT2D eigenvalue weighted by Gasteiger charge is -2.11. The third-order valence-corrected chi connectivity index (χ3v) is 3.10. The maximum atomic E-state index is 13.0. The summed E-state index contributed by atoms with van der Waals surface area (Å²) in [6.45, 7) is 8.10. The first-order chi connectivity index (χ1) is 10.4. The van der Waals surface area contributed by atoms with Crippen molar-refractivity contribution in [2.75, 3.05) is 11.9 Å². The number of rotatable bonds is 5. The lowest BCUT2D eigenvalue weighted by Crippen LogP contribution is -2.13. The maximum absolute atomic E-state index is 13.0. The lowest BCUT2D eigenvalue weighted by atomic mass is 10.1. The van der Waals surface area contributed by atoms with E-state index in [0.29, 0.717) is 12.1 Å². The number of hydrogen-bond donors (Lipinski definition) is 1. The molecule has 0 unspecified atom stereocenters. The second-order valence-electron chi connectivity index (χ2n) is 4.59. The van der Waals surface area contributed by atoms with Crippen molar-refractivity contribution in [2.45, 2.75) is 26.6 Å². The van der Waals surface area contributed by atoms with E-state index in [0.717, 1.165) is 11.8 Å². The molecule has 0 amide bonds. The van der Waals surface area contributed by atoms with Gasteiger partial charge in [0.2, 0.25) is 5.95 Å². The molecule has 0 aromatic carbocycles. The quantitative estimate of drug-likeness (QED) is 0.861. The molecular formula is C14H16F3N5. The van der Waals surface area contributed by atoms with E-state index in [4.69, 9.17) is 0 Å². The van der Waals surface area contributed by atoms with Gasteiger partial charge in [-0.3, -0.25) is 4.68 Å². The Labute approximate surface area is 125 Å². The van der Waals surface area contributed by atoms with Crippen LogP contribution < -0.4 is 5.32 Å². The van der Waals surface area contributed by atoms with E-state index in [1.165, 1.54) is 12.3 Å². The van der Waals surface area contributed by atoms with Crippen LogP contribution in [0.25, 0.3) is 11.3 Å². The van der Waals surface area contributed by atoms with Gasteiger partial charge in [0, 0.05) is 24.3 Å². The lowest BCUT2D eigenvalue weighted by molar-refractivity contribution is -0.141. The summed E-state index contributed by atoms with van der Waals surface area (Å²) in [5.41, 5.74) is 0.499. The van der Waals surface area contributed by atoms with Gasteiger partial charge < -0.3 is 5.32 Å². The highest BCUT2D eigenvalue weighted by molar-refractivity contribution is 5.62. The Morgan fingerprint density at radius 1 is 1.36 bits per heavy atom. The van der Waals surface area contributed by atoms with Crippen molar-refractivity contribution in [3.05, 3.63) is 36.3 Å². The summed E-state index contributed by atoms with van der Waals surface area (Å²) in [6, 6.07) is 0.934. The topological polar surface area (TPSA) is 55.6 Å². The highest BCUT2D eigenvalue weighted by Crippen LogP contribution is 2.31. The van der Waals surface area contributed by atoms with Crippen LogP contribution >= 0.6 is 0 Å². The highest BCUT2D eigenvalue weighted by atomic mass is 19.4. The van der Waals surface area contributed by atoms with Crippen LogP contribution in [0.3, 0.4) is 0 Å². The van der Waals surface area contributed by atoms with Crippen molar-refractivity contribution >= 4 is 5.95 Å². The van der Waals surface area contributed by atoms with E-state index in [2.05, 4.69) is 27.0 Å². The summed E-state index contributed by atoms with van der Waals surface area (Å²) in [5, 5.41) is 6.82. The summed E-state index contributed by atoms with van der Waals surface area (Å²) < 4.78 is 40.7. The van der Waals surface area contributed by atoms with Gasteiger partial charge in [0.15, 0.2) is 5.69 Å². The number of nitrogens with zero attached hydrogens (tertiary/aromatic N) is 4. The van der Waals surface area contributed by atoms with Gasteiger partial charge in [-0.15, -0.1) is 6.58 Å². The highest BCUT2D eigenvalue weighted by Gasteiger charge is 2.34. The molecule has 0 atom stereocenters. The maximum Gasteiger partial charge on any atom is 0.433 e. The molecule has 118 valence electrons. The minimum Gasteiger partial charge on any atom is -0.351 e. The SMILES string of the molecule is C=CCNc1nc(-c2cnn(CC)c2C)cc(C(F)(F)F)n1. The summed E-state index contributed by atoms with van der Waals surface area (Å²) >= 11 is 0. The van der Waals surface area contributed by atoms with Crippen LogP contribution in [0, 0.1) is 6.92 Å². The zero-order valence-electron chi connectivity index (χ0n) is 12.3. The third kappa shape index (κ3) is 3.26. The molecule has 0 saturated carbocycles. The van der Waals surface area contributed by atoms with Crippen molar-refractivity contribution < 1.29 is 13.2 Å². The fourth-order valence-electron chi connectivity index (χ4n) is 1.99. The molecule has 22 heavy (non-hydrogen) atoms. The third-order valence-electron chi connectivity index (χ3n) is 3.10. The molecule has 2 aromatic rings. The number of halogens is 3. The number of alkyl halides is 3. The molecule has 0 radical (unpaired) electrons. The number of anilines is 1. The van der Waals surface area contributed by atoms with Crippen LogP contribution in [0.1, 0.15) is 18.3 Å². The Bertz CT molecular complexity index is 676.